The molecule has 0 unspecified atom stereocenters. The van der Waals surface area contributed by atoms with Crippen LogP contribution in [0.1, 0.15) is 35.3 Å². The second-order valence-corrected chi connectivity index (χ2v) is 12.0. The highest BCUT2D eigenvalue weighted by molar-refractivity contribution is 9.10. The molecule has 2 aromatic rings. The van der Waals surface area contributed by atoms with Gasteiger partial charge in [0, 0.05) is 46.0 Å². The van der Waals surface area contributed by atoms with Crippen molar-refractivity contribution in [2.24, 2.45) is 0 Å². The van der Waals surface area contributed by atoms with Gasteiger partial charge >= 0.3 is 0 Å². The Morgan fingerprint density at radius 3 is 3.00 bits per heavy atom. The van der Waals surface area contributed by atoms with Crippen LogP contribution in [0.4, 0.5) is 0 Å². The van der Waals surface area contributed by atoms with Gasteiger partial charge in [-0.2, -0.15) is 0 Å². The molecule has 1 aromatic carbocycles. The summed E-state index contributed by atoms with van der Waals surface area (Å²) in [5.74, 6) is 0.507. The summed E-state index contributed by atoms with van der Waals surface area (Å²) in [6.07, 6.45) is 7.55. The predicted octanol–water partition coefficient (Wildman–Crippen LogP) is 4.10. The fourth-order valence-electron chi connectivity index (χ4n) is 7.24. The van der Waals surface area contributed by atoms with Crippen LogP contribution in [0.15, 0.2) is 46.8 Å². The molecule has 0 radical (unpaired) electrons. The molecule has 1 spiro atoms. The number of hydrogen-bond acceptors (Lipinski definition) is 6. The summed E-state index contributed by atoms with van der Waals surface area (Å²) in [5, 5.41) is 25.2. The highest BCUT2D eigenvalue weighted by atomic mass is 79.9. The number of ether oxygens (including phenoxy) is 1. The topological polar surface area (TPSA) is 73.2 Å². The average Bonchev–Trinajstić information content (AvgIpc) is 3.41. The minimum atomic E-state index is -0.996. The molecule has 2 bridgehead atoms. The van der Waals surface area contributed by atoms with Crippen LogP contribution in [-0.2, 0) is 16.6 Å². The molecule has 2 aliphatic heterocycles. The number of aliphatic hydroxyl groups is 1. The number of phenolic OH excluding ortho intramolecular Hbond substituents is 1. The van der Waals surface area contributed by atoms with Crippen LogP contribution in [0.5, 0.6) is 11.5 Å². The molecule has 1 saturated heterocycles. The van der Waals surface area contributed by atoms with Crippen LogP contribution in [0.3, 0.4) is 0 Å². The maximum atomic E-state index is 13.2. The number of hydrogen-bond donors (Lipinski definition) is 2. The fraction of sp³-hybridized carbons (Fsp3) is 0.444. The average molecular weight is 558 g/mol. The normalized spacial score (nSPS) is 32.8. The fourth-order valence-corrected chi connectivity index (χ4v) is 8.57. The zero-order chi connectivity index (χ0) is 24.5. The van der Waals surface area contributed by atoms with Gasteiger partial charge in [0.2, 0.25) is 5.91 Å². The first-order valence-electron chi connectivity index (χ1n) is 12.1. The molecule has 6 rings (SSSR count). The number of nitrogens with zero attached hydrogens (tertiary/aromatic N) is 2. The zero-order valence-corrected chi connectivity index (χ0v) is 22.0. The van der Waals surface area contributed by atoms with Crippen molar-refractivity contribution < 1.29 is 19.7 Å². The van der Waals surface area contributed by atoms with Crippen molar-refractivity contribution in [3.63, 3.8) is 0 Å². The molecular formula is C27H29BrN2O4S. The summed E-state index contributed by atoms with van der Waals surface area (Å²) < 4.78 is 7.55. The number of carbonyl (C=O) groups excluding carboxylic acids is 1. The Morgan fingerprint density at radius 1 is 1.43 bits per heavy atom. The van der Waals surface area contributed by atoms with E-state index in [0.717, 1.165) is 33.6 Å². The lowest BCUT2D eigenvalue weighted by Gasteiger charge is -2.64. The van der Waals surface area contributed by atoms with Gasteiger partial charge in [-0.1, -0.05) is 12.1 Å². The van der Waals surface area contributed by atoms with Gasteiger partial charge in [-0.15, -0.1) is 17.9 Å². The largest absolute Gasteiger partial charge is 0.504 e. The number of amides is 1. The molecule has 2 fully saturated rings. The molecule has 6 nitrogen and oxygen atoms in total. The van der Waals surface area contributed by atoms with E-state index < -0.39 is 17.1 Å². The lowest BCUT2D eigenvalue weighted by Crippen LogP contribution is -2.78. The Labute approximate surface area is 217 Å². The molecule has 184 valence electrons. The number of thiophene rings is 1. The lowest BCUT2D eigenvalue weighted by molar-refractivity contribution is -0.198. The monoisotopic (exact) mass is 556 g/mol. The molecule has 3 heterocycles. The lowest BCUT2D eigenvalue weighted by atomic mass is 9.48. The highest BCUT2D eigenvalue weighted by Crippen LogP contribution is 2.65. The summed E-state index contributed by atoms with van der Waals surface area (Å²) in [5.41, 5.74) is 0.437. The third-order valence-corrected chi connectivity index (χ3v) is 10.4. The van der Waals surface area contributed by atoms with Crippen LogP contribution in [0, 0.1) is 0 Å². The summed E-state index contributed by atoms with van der Waals surface area (Å²) in [4.78, 5) is 18.3. The van der Waals surface area contributed by atoms with Crippen LogP contribution in [0.25, 0.3) is 6.08 Å². The Morgan fingerprint density at radius 2 is 2.26 bits per heavy atom. The van der Waals surface area contributed by atoms with Gasteiger partial charge < -0.3 is 19.8 Å². The van der Waals surface area contributed by atoms with Crippen molar-refractivity contribution in [2.75, 3.05) is 20.1 Å². The van der Waals surface area contributed by atoms with E-state index in [4.69, 9.17) is 4.74 Å². The second-order valence-electron chi connectivity index (χ2n) is 10.2. The molecule has 1 amide bonds. The number of piperidine rings is 1. The van der Waals surface area contributed by atoms with Crippen LogP contribution >= 0.6 is 27.3 Å². The van der Waals surface area contributed by atoms with Crippen LogP contribution < -0.4 is 4.74 Å². The molecule has 8 heteroatoms. The van der Waals surface area contributed by atoms with Crippen molar-refractivity contribution in [1.29, 1.82) is 0 Å². The summed E-state index contributed by atoms with van der Waals surface area (Å²) in [6, 6.07) is 5.39. The van der Waals surface area contributed by atoms with Crippen LogP contribution in [0.2, 0.25) is 0 Å². The van der Waals surface area contributed by atoms with Crippen LogP contribution in [-0.4, -0.2) is 69.8 Å². The number of rotatable bonds is 5. The van der Waals surface area contributed by atoms with Gasteiger partial charge in [-0.3, -0.25) is 9.69 Å². The molecular weight excluding hydrogens is 528 g/mol. The smallest absolute Gasteiger partial charge is 0.246 e. The molecule has 5 atom stereocenters. The van der Waals surface area contributed by atoms with Gasteiger partial charge in [0.25, 0.3) is 0 Å². The summed E-state index contributed by atoms with van der Waals surface area (Å²) in [7, 11) is 1.82. The molecule has 1 saturated carbocycles. The number of carbonyl (C=O) groups is 1. The van der Waals surface area contributed by atoms with E-state index in [0.29, 0.717) is 31.4 Å². The number of likely N-dealkylation sites (N-methyl/N-ethyl adjacent to an activating group) is 1. The minimum absolute atomic E-state index is 0.0533. The van der Waals surface area contributed by atoms with E-state index in [-0.39, 0.29) is 23.7 Å². The van der Waals surface area contributed by atoms with E-state index in [1.165, 1.54) is 0 Å². The van der Waals surface area contributed by atoms with E-state index in [9.17, 15) is 15.0 Å². The Bertz CT molecular complexity index is 1240. The van der Waals surface area contributed by atoms with Gasteiger partial charge in [-0.05, 0) is 71.9 Å². The number of likely N-dealkylation sites (tertiary alicyclic amines) is 1. The molecule has 4 aliphatic rings. The minimum Gasteiger partial charge on any atom is -0.504 e. The number of aromatic hydroxyl groups is 1. The number of benzene rings is 1. The predicted molar refractivity (Wildman–Crippen MR) is 140 cm³/mol. The third-order valence-electron chi connectivity index (χ3n) is 8.73. The number of phenols is 1. The van der Waals surface area contributed by atoms with Crippen molar-refractivity contribution in [3.05, 3.63) is 62.8 Å². The molecule has 35 heavy (non-hydrogen) atoms. The quantitative estimate of drug-likeness (QED) is 0.428. The third kappa shape index (κ3) is 3.16. The van der Waals surface area contributed by atoms with E-state index in [1.54, 1.807) is 28.4 Å². The molecule has 1 aromatic heterocycles. The van der Waals surface area contributed by atoms with E-state index >= 15 is 0 Å². The molecule has 2 N–H and O–H groups in total. The summed E-state index contributed by atoms with van der Waals surface area (Å²) >= 11 is 5.02. The van der Waals surface area contributed by atoms with E-state index in [2.05, 4.69) is 27.4 Å². The maximum Gasteiger partial charge on any atom is 0.246 e. The second kappa shape index (κ2) is 8.20. The summed E-state index contributed by atoms with van der Waals surface area (Å²) in [6.45, 7) is 5.46. The van der Waals surface area contributed by atoms with E-state index in [1.807, 2.05) is 36.7 Å². The first kappa shape index (κ1) is 23.3. The first-order chi connectivity index (χ1) is 16.8. The highest BCUT2D eigenvalue weighted by Gasteiger charge is 2.73. The Hall–Kier alpha value is -2.13. The zero-order valence-electron chi connectivity index (χ0n) is 19.6. The van der Waals surface area contributed by atoms with Gasteiger partial charge in [0.1, 0.15) is 6.10 Å². The Kier molecular flexibility index (Phi) is 5.45. The standard InChI is InChI=1S/C27H29BrN2O4S/c1-3-11-30-12-10-26-23-16-4-6-20(31)24(23)34-25(26)19(8-9-27(26,33)21(30)13-16)29(2)22(32)7-5-18-14-17(28)15-35-18/h3-7,14-15,19,21,25,31,33H,1,8-13H2,2H3/b7-5+/t19-,21+,25-,26-,27+/m0/s1. The van der Waals surface area contributed by atoms with Crippen molar-refractivity contribution >= 4 is 39.2 Å². The van der Waals surface area contributed by atoms with Gasteiger partial charge in [-0.25, -0.2) is 0 Å². The van der Waals surface area contributed by atoms with Crippen molar-refractivity contribution in [2.45, 2.75) is 54.9 Å². The maximum absolute atomic E-state index is 13.2. The first-order valence-corrected chi connectivity index (χ1v) is 13.8. The van der Waals surface area contributed by atoms with Crippen molar-refractivity contribution in [1.82, 2.24) is 9.80 Å². The van der Waals surface area contributed by atoms with Gasteiger partial charge in [0.15, 0.2) is 11.5 Å². The van der Waals surface area contributed by atoms with Gasteiger partial charge in [0.05, 0.1) is 17.1 Å². The SMILES string of the molecule is C=CCN1CC[C@]23c4c5ccc(O)c4O[C@H]2[C@@H](N(C)C(=O)/C=C/c2cc(Br)cs2)CC[C@@]3(O)[C@H]1C5. The van der Waals surface area contributed by atoms with Crippen molar-refractivity contribution in [3.8, 4) is 11.5 Å². The number of halogens is 1. The Balaban J connectivity index is 1.39. The molecule has 2 aliphatic carbocycles.